The molecule has 1 fully saturated rings. The SMILES string of the molecule is CCC1C(=O)NC(C)(C)C(=O)N1CCS(=O)(=O)C(C)C. The van der Waals surface area contributed by atoms with E-state index in [0.717, 1.165) is 0 Å². The summed E-state index contributed by atoms with van der Waals surface area (Å²) in [4.78, 5) is 25.8. The van der Waals surface area contributed by atoms with Crippen LogP contribution in [0.15, 0.2) is 0 Å². The molecule has 1 atom stereocenters. The van der Waals surface area contributed by atoms with E-state index < -0.39 is 26.7 Å². The summed E-state index contributed by atoms with van der Waals surface area (Å²) in [7, 11) is -3.23. The molecule has 0 aromatic heterocycles. The summed E-state index contributed by atoms with van der Waals surface area (Å²) in [5.74, 6) is -0.571. The fraction of sp³-hybridized carbons (Fsp3) is 0.846. The van der Waals surface area contributed by atoms with Crippen LogP contribution in [0.2, 0.25) is 0 Å². The Labute approximate surface area is 120 Å². The average Bonchev–Trinajstić information content (AvgIpc) is 2.31. The van der Waals surface area contributed by atoms with E-state index in [4.69, 9.17) is 0 Å². The first kappa shape index (κ1) is 16.9. The number of nitrogens with zero attached hydrogens (tertiary/aromatic N) is 1. The summed E-state index contributed by atoms with van der Waals surface area (Å²) < 4.78 is 23.8. The molecule has 1 unspecified atom stereocenters. The number of amides is 2. The molecule has 116 valence electrons. The zero-order valence-electron chi connectivity index (χ0n) is 12.8. The molecule has 1 N–H and O–H groups in total. The number of carbonyl (C=O) groups excluding carboxylic acids is 2. The second-order valence-corrected chi connectivity index (χ2v) is 8.63. The Morgan fingerprint density at radius 2 is 1.85 bits per heavy atom. The number of rotatable bonds is 5. The van der Waals surface area contributed by atoms with Crippen molar-refractivity contribution in [3.05, 3.63) is 0 Å². The van der Waals surface area contributed by atoms with Crippen LogP contribution >= 0.6 is 0 Å². The van der Waals surface area contributed by atoms with Gasteiger partial charge in [0, 0.05) is 6.54 Å². The lowest BCUT2D eigenvalue weighted by atomic mass is 9.96. The van der Waals surface area contributed by atoms with Crippen molar-refractivity contribution in [1.29, 1.82) is 0 Å². The van der Waals surface area contributed by atoms with E-state index in [9.17, 15) is 18.0 Å². The van der Waals surface area contributed by atoms with Crippen LogP contribution in [0.5, 0.6) is 0 Å². The molecule has 1 saturated heterocycles. The third kappa shape index (κ3) is 3.31. The Morgan fingerprint density at radius 1 is 1.30 bits per heavy atom. The second-order valence-electron chi connectivity index (χ2n) is 5.95. The molecule has 1 heterocycles. The highest BCUT2D eigenvalue weighted by Crippen LogP contribution is 2.20. The topological polar surface area (TPSA) is 83.6 Å². The normalized spacial score (nSPS) is 23.1. The molecule has 6 nitrogen and oxygen atoms in total. The molecule has 0 bridgehead atoms. The zero-order chi connectivity index (χ0) is 15.7. The average molecular weight is 304 g/mol. The van der Waals surface area contributed by atoms with Crippen molar-refractivity contribution >= 4 is 21.7 Å². The number of carbonyl (C=O) groups is 2. The second kappa shape index (κ2) is 5.71. The lowest BCUT2D eigenvalue weighted by Crippen LogP contribution is -2.68. The molecule has 0 aromatic rings. The van der Waals surface area contributed by atoms with Gasteiger partial charge < -0.3 is 10.2 Å². The zero-order valence-corrected chi connectivity index (χ0v) is 13.6. The van der Waals surface area contributed by atoms with Crippen molar-refractivity contribution in [3.8, 4) is 0 Å². The van der Waals surface area contributed by atoms with Gasteiger partial charge in [-0.1, -0.05) is 6.92 Å². The Kier molecular flexibility index (Phi) is 4.84. The summed E-state index contributed by atoms with van der Waals surface area (Å²) in [5.41, 5.74) is -0.982. The predicted octanol–water partition coefficient (Wildman–Crippen LogP) is 0.325. The highest BCUT2D eigenvalue weighted by atomic mass is 32.2. The van der Waals surface area contributed by atoms with Crippen LogP contribution in [0.4, 0.5) is 0 Å². The van der Waals surface area contributed by atoms with Crippen LogP contribution in [-0.4, -0.2) is 54.3 Å². The standard InChI is InChI=1S/C13H24N2O4S/c1-6-10-11(16)14-13(4,5)12(17)15(10)7-8-20(18,19)9(2)3/h9-10H,6-8H2,1-5H3,(H,14,16). The largest absolute Gasteiger partial charge is 0.340 e. The molecule has 0 saturated carbocycles. The lowest BCUT2D eigenvalue weighted by molar-refractivity contribution is -0.153. The molecule has 7 heteroatoms. The fourth-order valence-electron chi connectivity index (χ4n) is 2.21. The summed E-state index contributed by atoms with van der Waals surface area (Å²) in [6.45, 7) is 8.35. The molecule has 1 aliphatic heterocycles. The van der Waals surface area contributed by atoms with Crippen LogP contribution in [0.25, 0.3) is 0 Å². The monoisotopic (exact) mass is 304 g/mol. The summed E-state index contributed by atoms with van der Waals surface area (Å²) >= 11 is 0. The summed E-state index contributed by atoms with van der Waals surface area (Å²) in [6, 6.07) is -0.585. The van der Waals surface area contributed by atoms with Crippen molar-refractivity contribution in [1.82, 2.24) is 10.2 Å². The lowest BCUT2D eigenvalue weighted by Gasteiger charge is -2.42. The fourth-order valence-corrected chi connectivity index (χ4v) is 3.13. The number of sulfone groups is 1. The van der Waals surface area contributed by atoms with E-state index in [1.54, 1.807) is 34.6 Å². The van der Waals surface area contributed by atoms with Gasteiger partial charge in [0.15, 0.2) is 9.84 Å². The third-order valence-corrected chi connectivity index (χ3v) is 5.82. The Balaban J connectivity index is 2.94. The Morgan fingerprint density at radius 3 is 2.30 bits per heavy atom. The summed E-state index contributed by atoms with van der Waals surface area (Å²) in [6.07, 6.45) is 0.468. The van der Waals surface area contributed by atoms with Gasteiger partial charge in [0.1, 0.15) is 11.6 Å². The highest BCUT2D eigenvalue weighted by molar-refractivity contribution is 7.92. The van der Waals surface area contributed by atoms with Crippen LogP contribution in [0.1, 0.15) is 41.0 Å². The van der Waals surface area contributed by atoms with Crippen molar-refractivity contribution in [2.24, 2.45) is 0 Å². The minimum absolute atomic E-state index is 0.0642. The van der Waals surface area contributed by atoms with Crippen molar-refractivity contribution < 1.29 is 18.0 Å². The molecular weight excluding hydrogens is 280 g/mol. The molecule has 0 spiro atoms. The smallest absolute Gasteiger partial charge is 0.248 e. The molecule has 1 aliphatic rings. The van der Waals surface area contributed by atoms with E-state index >= 15 is 0 Å². The predicted molar refractivity (Wildman–Crippen MR) is 76.9 cm³/mol. The number of piperazine rings is 1. The van der Waals surface area contributed by atoms with Gasteiger partial charge in [-0.3, -0.25) is 9.59 Å². The first-order valence-electron chi connectivity index (χ1n) is 6.87. The molecule has 0 radical (unpaired) electrons. The van der Waals surface area contributed by atoms with Crippen LogP contribution in [-0.2, 0) is 19.4 Å². The van der Waals surface area contributed by atoms with Crippen LogP contribution < -0.4 is 5.32 Å². The van der Waals surface area contributed by atoms with Gasteiger partial charge in [-0.25, -0.2) is 8.42 Å². The maximum Gasteiger partial charge on any atom is 0.248 e. The van der Waals surface area contributed by atoms with E-state index in [-0.39, 0.29) is 24.1 Å². The Bertz CT molecular complexity index is 497. The maximum atomic E-state index is 12.4. The molecular formula is C13H24N2O4S. The molecule has 0 aliphatic carbocycles. The minimum Gasteiger partial charge on any atom is -0.340 e. The van der Waals surface area contributed by atoms with Gasteiger partial charge in [0.2, 0.25) is 11.8 Å². The highest BCUT2D eigenvalue weighted by Gasteiger charge is 2.44. The van der Waals surface area contributed by atoms with E-state index in [1.165, 1.54) is 4.90 Å². The summed E-state index contributed by atoms with van der Waals surface area (Å²) in [5, 5.41) is 2.19. The quantitative estimate of drug-likeness (QED) is 0.793. The molecule has 20 heavy (non-hydrogen) atoms. The van der Waals surface area contributed by atoms with Gasteiger partial charge in [0.05, 0.1) is 11.0 Å². The Hall–Kier alpha value is -1.11. The van der Waals surface area contributed by atoms with Gasteiger partial charge in [-0.05, 0) is 34.1 Å². The van der Waals surface area contributed by atoms with Gasteiger partial charge in [-0.15, -0.1) is 0 Å². The van der Waals surface area contributed by atoms with Gasteiger partial charge in [-0.2, -0.15) is 0 Å². The van der Waals surface area contributed by atoms with Gasteiger partial charge >= 0.3 is 0 Å². The molecule has 2 amide bonds. The molecule has 1 rings (SSSR count). The van der Waals surface area contributed by atoms with Crippen LogP contribution in [0.3, 0.4) is 0 Å². The van der Waals surface area contributed by atoms with Crippen molar-refractivity contribution in [2.45, 2.75) is 57.9 Å². The third-order valence-electron chi connectivity index (χ3n) is 3.63. The van der Waals surface area contributed by atoms with Crippen LogP contribution in [0, 0.1) is 0 Å². The first-order valence-corrected chi connectivity index (χ1v) is 8.59. The van der Waals surface area contributed by atoms with Crippen molar-refractivity contribution in [2.75, 3.05) is 12.3 Å². The van der Waals surface area contributed by atoms with E-state index in [0.29, 0.717) is 6.42 Å². The maximum absolute atomic E-state index is 12.4. The molecule has 0 aromatic carbocycles. The van der Waals surface area contributed by atoms with Crippen molar-refractivity contribution in [3.63, 3.8) is 0 Å². The van der Waals surface area contributed by atoms with Gasteiger partial charge in [0.25, 0.3) is 0 Å². The van der Waals surface area contributed by atoms with E-state index in [1.807, 2.05) is 0 Å². The number of hydrogen-bond acceptors (Lipinski definition) is 4. The number of nitrogens with one attached hydrogen (secondary N) is 1. The number of hydrogen-bond donors (Lipinski definition) is 1. The minimum atomic E-state index is -3.23. The van der Waals surface area contributed by atoms with E-state index in [2.05, 4.69) is 5.32 Å². The first-order chi connectivity index (χ1) is 9.03.